The first-order valence-corrected chi connectivity index (χ1v) is 16.1. The second kappa shape index (κ2) is 9.38. The average molecular weight is 564 g/mol. The van der Waals surface area contributed by atoms with E-state index in [2.05, 4.69) is 27.1 Å². The van der Waals surface area contributed by atoms with Crippen LogP contribution < -0.4 is 5.32 Å². The summed E-state index contributed by atoms with van der Waals surface area (Å²) in [5.41, 5.74) is 0.940. The molecule has 0 radical (unpaired) electrons. The van der Waals surface area contributed by atoms with Crippen molar-refractivity contribution in [3.63, 3.8) is 0 Å². The van der Waals surface area contributed by atoms with Crippen LogP contribution >= 0.6 is 0 Å². The van der Waals surface area contributed by atoms with E-state index in [1.54, 1.807) is 6.08 Å². The van der Waals surface area contributed by atoms with Gasteiger partial charge in [-0.1, -0.05) is 23.8 Å². The minimum atomic E-state index is -3.62. The van der Waals surface area contributed by atoms with Crippen molar-refractivity contribution in [1.82, 2.24) is 25.0 Å². The molecule has 1 aromatic heterocycles. The summed E-state index contributed by atoms with van der Waals surface area (Å²) >= 11 is 0. The minimum absolute atomic E-state index is 0.0000362. The Balaban J connectivity index is 0.914. The summed E-state index contributed by atoms with van der Waals surface area (Å²) in [6.07, 6.45) is 12.7. The first-order chi connectivity index (χ1) is 18.3. The summed E-state index contributed by atoms with van der Waals surface area (Å²) < 4.78 is 54.6. The van der Waals surface area contributed by atoms with E-state index >= 15 is 0 Å². The third-order valence-electron chi connectivity index (χ3n) is 9.66. The lowest BCUT2D eigenvalue weighted by molar-refractivity contribution is -0.0705. The zero-order chi connectivity index (χ0) is 27.7. The molecule has 5 aliphatic rings. The number of hydrogen-bond acceptors (Lipinski definition) is 5. The Morgan fingerprint density at radius 1 is 1.13 bits per heavy atom. The fourth-order valence-corrected chi connectivity index (χ4v) is 8.58. The number of halogens is 2. The number of sulfone groups is 1. The van der Waals surface area contributed by atoms with Crippen LogP contribution in [0.1, 0.15) is 75.4 Å². The third-order valence-corrected chi connectivity index (χ3v) is 11.1. The normalized spacial score (nSPS) is 30.4. The number of carbonyl (C=O) groups excluding carboxylic acids is 1. The molecule has 214 valence electrons. The van der Waals surface area contributed by atoms with E-state index in [0.717, 1.165) is 69.2 Å². The molecule has 11 heteroatoms. The van der Waals surface area contributed by atoms with Crippen LogP contribution in [0.2, 0.25) is 0 Å². The lowest BCUT2D eigenvalue weighted by Crippen LogP contribution is -2.65. The molecule has 4 aliphatic carbocycles. The lowest BCUT2D eigenvalue weighted by Gasteiger charge is -2.59. The average Bonchev–Trinajstić information content (AvgIpc) is 3.54. The van der Waals surface area contributed by atoms with Crippen molar-refractivity contribution in [2.45, 2.75) is 74.9 Å². The van der Waals surface area contributed by atoms with E-state index in [1.807, 2.05) is 4.90 Å². The number of likely N-dealkylation sites (tertiary alicyclic amines) is 1. The maximum absolute atomic E-state index is 14.2. The Kier molecular flexibility index (Phi) is 6.47. The van der Waals surface area contributed by atoms with E-state index in [-0.39, 0.29) is 11.4 Å². The molecule has 2 heterocycles. The van der Waals surface area contributed by atoms with Gasteiger partial charge in [0.2, 0.25) is 0 Å². The van der Waals surface area contributed by atoms with Crippen molar-refractivity contribution in [1.29, 1.82) is 0 Å². The molecule has 1 aliphatic heterocycles. The topological polar surface area (TPSA) is 97.2 Å². The van der Waals surface area contributed by atoms with E-state index in [1.165, 1.54) is 25.0 Å². The van der Waals surface area contributed by atoms with Gasteiger partial charge in [-0.2, -0.15) is 0 Å². The molecular weight excluding hydrogens is 524 g/mol. The molecule has 8 nitrogen and oxygen atoms in total. The van der Waals surface area contributed by atoms with Crippen molar-refractivity contribution in [3.05, 3.63) is 35.4 Å². The first-order valence-electron chi connectivity index (χ1n) is 14.2. The number of carbonyl (C=O) groups is 1. The number of hydrogen-bond donors (Lipinski definition) is 1. The second-order valence-electron chi connectivity index (χ2n) is 13.2. The smallest absolute Gasteiger partial charge is 0.317 e. The Morgan fingerprint density at radius 3 is 2.36 bits per heavy atom. The van der Waals surface area contributed by atoms with Gasteiger partial charge in [-0.05, 0) is 63.7 Å². The Labute approximate surface area is 229 Å². The van der Waals surface area contributed by atoms with Crippen LogP contribution in [-0.2, 0) is 16.9 Å². The van der Waals surface area contributed by atoms with Gasteiger partial charge in [0, 0.05) is 50.2 Å². The zero-order valence-electron chi connectivity index (χ0n) is 22.9. The van der Waals surface area contributed by atoms with Gasteiger partial charge in [0.15, 0.2) is 9.84 Å². The first kappa shape index (κ1) is 26.9. The summed E-state index contributed by atoms with van der Waals surface area (Å²) in [7, 11) is -1.55. The van der Waals surface area contributed by atoms with Crippen LogP contribution in [0.3, 0.4) is 0 Å². The molecule has 6 rings (SSSR count). The SMILES string of the molecule is Cn1c(C2CC2)nnc1C1CC(CNC(=O)N2CC3(CC(CC4=CC(C(C)(F)F)C(S(C)(=O)=O)C=C4)C3)C2)C1. The molecule has 4 fully saturated rings. The van der Waals surface area contributed by atoms with Crippen LogP contribution in [-0.4, -0.2) is 71.2 Å². The van der Waals surface area contributed by atoms with Gasteiger partial charge in [-0.3, -0.25) is 0 Å². The van der Waals surface area contributed by atoms with Crippen molar-refractivity contribution in [3.8, 4) is 0 Å². The minimum Gasteiger partial charge on any atom is -0.338 e. The molecule has 1 spiro atoms. The maximum Gasteiger partial charge on any atom is 0.317 e. The third kappa shape index (κ3) is 5.27. The van der Waals surface area contributed by atoms with Crippen molar-refractivity contribution in [2.75, 3.05) is 25.9 Å². The van der Waals surface area contributed by atoms with Crippen LogP contribution in [0.4, 0.5) is 13.6 Å². The summed E-state index contributed by atoms with van der Waals surface area (Å²) in [5, 5.41) is 10.7. The molecule has 1 N–H and O–H groups in total. The monoisotopic (exact) mass is 563 g/mol. The Morgan fingerprint density at radius 2 is 1.77 bits per heavy atom. The van der Waals surface area contributed by atoms with Crippen LogP contribution in [0, 0.1) is 23.2 Å². The summed E-state index contributed by atoms with van der Waals surface area (Å²) in [6, 6.07) is -0.0000362. The molecule has 1 aromatic rings. The highest BCUT2D eigenvalue weighted by atomic mass is 32.2. The van der Waals surface area contributed by atoms with Crippen molar-refractivity contribution >= 4 is 15.9 Å². The molecule has 0 bridgehead atoms. The summed E-state index contributed by atoms with van der Waals surface area (Å²) in [5.74, 6) is -0.376. The number of nitrogens with zero attached hydrogens (tertiary/aromatic N) is 4. The number of alkyl halides is 2. The van der Waals surface area contributed by atoms with Gasteiger partial charge < -0.3 is 14.8 Å². The lowest BCUT2D eigenvalue weighted by atomic mass is 9.56. The Bertz CT molecular complexity index is 1290. The van der Waals surface area contributed by atoms with Crippen LogP contribution in [0.25, 0.3) is 0 Å². The van der Waals surface area contributed by atoms with Gasteiger partial charge >= 0.3 is 6.03 Å². The van der Waals surface area contributed by atoms with Crippen LogP contribution in [0.15, 0.2) is 23.8 Å². The van der Waals surface area contributed by atoms with E-state index in [4.69, 9.17) is 0 Å². The zero-order valence-corrected chi connectivity index (χ0v) is 23.8. The quantitative estimate of drug-likeness (QED) is 0.512. The number of rotatable bonds is 8. The maximum atomic E-state index is 14.2. The molecule has 2 amide bonds. The highest BCUT2D eigenvalue weighted by Gasteiger charge is 2.54. The highest BCUT2D eigenvalue weighted by Crippen LogP contribution is 2.54. The molecule has 2 unspecified atom stereocenters. The summed E-state index contributed by atoms with van der Waals surface area (Å²) in [6.45, 7) is 2.96. The number of urea groups is 1. The van der Waals surface area contributed by atoms with Crippen molar-refractivity contribution in [2.24, 2.45) is 30.2 Å². The Hall–Kier alpha value is -2.30. The van der Waals surface area contributed by atoms with Gasteiger partial charge in [-0.15, -0.1) is 10.2 Å². The largest absolute Gasteiger partial charge is 0.338 e. The van der Waals surface area contributed by atoms with E-state index in [0.29, 0.717) is 36.6 Å². The van der Waals surface area contributed by atoms with Gasteiger partial charge in [0.25, 0.3) is 5.92 Å². The molecule has 39 heavy (non-hydrogen) atoms. The number of amides is 2. The number of nitrogens with one attached hydrogen (secondary N) is 1. The molecule has 2 atom stereocenters. The highest BCUT2D eigenvalue weighted by molar-refractivity contribution is 7.91. The molecule has 1 saturated heterocycles. The van der Waals surface area contributed by atoms with Crippen molar-refractivity contribution < 1.29 is 22.0 Å². The van der Waals surface area contributed by atoms with Gasteiger partial charge in [0.05, 0.1) is 11.2 Å². The fraction of sp³-hybridized carbons (Fsp3) is 0.750. The van der Waals surface area contributed by atoms with E-state index < -0.39 is 26.9 Å². The molecule has 3 saturated carbocycles. The standard InChI is InChI=1S/C28H39F2N5O3S/c1-27(29,30)22-11-17(4-7-23(22)39(3,37)38)8-19-12-28(13-19)15-35(16-28)26(36)31-14-18-9-21(10-18)25-33-32-24(34(25)2)20-5-6-20/h4,7,11,18-23H,5-6,8-10,12-16H2,1-3H3,(H,31,36). The summed E-state index contributed by atoms with van der Waals surface area (Å²) in [4.78, 5) is 14.6. The predicted octanol–water partition coefficient (Wildman–Crippen LogP) is 4.18. The predicted molar refractivity (Wildman–Crippen MR) is 143 cm³/mol. The van der Waals surface area contributed by atoms with Gasteiger partial charge in [-0.25, -0.2) is 22.0 Å². The number of allylic oxidation sites excluding steroid dienone is 3. The fourth-order valence-electron chi connectivity index (χ4n) is 7.37. The molecular formula is C28H39F2N5O3S. The number of aromatic nitrogens is 3. The molecule has 0 aromatic carbocycles. The van der Waals surface area contributed by atoms with Gasteiger partial charge in [0.1, 0.15) is 11.6 Å². The van der Waals surface area contributed by atoms with E-state index in [9.17, 15) is 22.0 Å². The second-order valence-corrected chi connectivity index (χ2v) is 15.4. The van der Waals surface area contributed by atoms with Crippen LogP contribution in [0.5, 0.6) is 0 Å².